The van der Waals surface area contributed by atoms with Gasteiger partial charge in [0.15, 0.2) is 0 Å². The number of anilines is 1. The number of amides is 2. The van der Waals surface area contributed by atoms with E-state index in [-0.39, 0.29) is 18.4 Å². The highest BCUT2D eigenvalue weighted by molar-refractivity contribution is 5.95. The zero-order valence-corrected chi connectivity index (χ0v) is 15.4. The van der Waals surface area contributed by atoms with Gasteiger partial charge >= 0.3 is 0 Å². The van der Waals surface area contributed by atoms with Crippen LogP contribution in [0.3, 0.4) is 0 Å². The summed E-state index contributed by atoms with van der Waals surface area (Å²) in [5.41, 5.74) is 0.499. The van der Waals surface area contributed by atoms with Crippen molar-refractivity contribution in [3.8, 4) is 0 Å². The largest absolute Gasteiger partial charge is 0.361 e. The van der Waals surface area contributed by atoms with E-state index < -0.39 is 5.60 Å². The van der Waals surface area contributed by atoms with Crippen LogP contribution in [0.15, 0.2) is 30.3 Å². The highest BCUT2D eigenvalue weighted by Gasteiger charge is 2.46. The maximum Gasteiger partial charge on any atom is 0.253 e. The van der Waals surface area contributed by atoms with Gasteiger partial charge in [0.25, 0.3) is 5.91 Å². The van der Waals surface area contributed by atoms with Crippen molar-refractivity contribution in [2.75, 3.05) is 31.1 Å². The first kappa shape index (κ1) is 17.5. The summed E-state index contributed by atoms with van der Waals surface area (Å²) < 4.78 is 5.98. The summed E-state index contributed by atoms with van der Waals surface area (Å²) in [5, 5.41) is 0. The first-order chi connectivity index (χ1) is 12.7. The van der Waals surface area contributed by atoms with Crippen LogP contribution in [0.4, 0.5) is 5.69 Å². The van der Waals surface area contributed by atoms with E-state index in [9.17, 15) is 9.59 Å². The van der Waals surface area contributed by atoms with Gasteiger partial charge in [-0.3, -0.25) is 9.59 Å². The van der Waals surface area contributed by atoms with Gasteiger partial charge in [0, 0.05) is 18.7 Å². The van der Waals surface area contributed by atoms with Crippen LogP contribution < -0.4 is 4.90 Å². The molecule has 1 aromatic carbocycles. The average molecular weight is 356 g/mol. The van der Waals surface area contributed by atoms with Gasteiger partial charge in [-0.05, 0) is 37.3 Å². The van der Waals surface area contributed by atoms with E-state index in [2.05, 4.69) is 0 Å². The number of likely N-dealkylation sites (tertiary alicyclic amines) is 1. The van der Waals surface area contributed by atoms with Crippen LogP contribution in [0, 0.1) is 5.92 Å². The fourth-order valence-corrected chi connectivity index (χ4v) is 4.63. The summed E-state index contributed by atoms with van der Waals surface area (Å²) in [6, 6.07) is 9.75. The van der Waals surface area contributed by atoms with Crippen LogP contribution in [-0.4, -0.2) is 48.6 Å². The molecule has 0 aromatic heterocycles. The van der Waals surface area contributed by atoms with E-state index in [1.807, 2.05) is 40.1 Å². The molecule has 3 aliphatic rings. The predicted octanol–water partition coefficient (Wildman–Crippen LogP) is 2.99. The topological polar surface area (TPSA) is 49.9 Å². The molecule has 1 unspecified atom stereocenters. The summed E-state index contributed by atoms with van der Waals surface area (Å²) in [5.74, 6) is 0.816. The fourth-order valence-electron chi connectivity index (χ4n) is 4.63. The first-order valence-electron chi connectivity index (χ1n) is 9.92. The summed E-state index contributed by atoms with van der Waals surface area (Å²) in [6.07, 6.45) is 7.71. The molecule has 5 heteroatoms. The number of rotatable bonds is 3. The van der Waals surface area contributed by atoms with Crippen molar-refractivity contribution in [1.29, 1.82) is 0 Å². The number of hydrogen-bond acceptors (Lipinski definition) is 3. The molecule has 26 heavy (non-hydrogen) atoms. The highest BCUT2D eigenvalue weighted by Crippen LogP contribution is 2.33. The van der Waals surface area contributed by atoms with Crippen molar-refractivity contribution in [3.63, 3.8) is 0 Å². The Morgan fingerprint density at radius 1 is 1.12 bits per heavy atom. The number of nitrogens with zero attached hydrogens (tertiary/aromatic N) is 2. The smallest absolute Gasteiger partial charge is 0.253 e. The van der Waals surface area contributed by atoms with E-state index in [0.29, 0.717) is 25.4 Å². The Hall–Kier alpha value is -1.88. The third kappa shape index (κ3) is 3.63. The fraction of sp³-hybridized carbons (Fsp3) is 0.619. The highest BCUT2D eigenvalue weighted by atomic mass is 16.5. The van der Waals surface area contributed by atoms with Crippen LogP contribution in [0.25, 0.3) is 0 Å². The molecule has 140 valence electrons. The van der Waals surface area contributed by atoms with Gasteiger partial charge in [-0.15, -0.1) is 0 Å². The summed E-state index contributed by atoms with van der Waals surface area (Å²) in [7, 11) is 0. The number of benzene rings is 1. The van der Waals surface area contributed by atoms with Gasteiger partial charge in [0.1, 0.15) is 12.2 Å². The Kier molecular flexibility index (Phi) is 4.98. The quantitative estimate of drug-likeness (QED) is 0.837. The zero-order valence-electron chi connectivity index (χ0n) is 15.4. The molecule has 1 aliphatic carbocycles. The second kappa shape index (κ2) is 7.39. The van der Waals surface area contributed by atoms with Crippen molar-refractivity contribution >= 4 is 17.5 Å². The lowest BCUT2D eigenvalue weighted by atomic mass is 9.86. The Morgan fingerprint density at radius 2 is 1.88 bits per heavy atom. The molecule has 1 saturated carbocycles. The number of para-hydroxylation sites is 1. The number of hydrogen-bond donors (Lipinski definition) is 0. The third-order valence-corrected chi connectivity index (χ3v) is 6.17. The van der Waals surface area contributed by atoms with E-state index >= 15 is 0 Å². The zero-order chi connectivity index (χ0) is 18.0. The van der Waals surface area contributed by atoms with Crippen molar-refractivity contribution in [2.24, 2.45) is 5.92 Å². The molecule has 1 spiro atoms. The monoisotopic (exact) mass is 356 g/mol. The molecular formula is C21H28N2O3. The average Bonchev–Trinajstić information content (AvgIpc) is 3.09. The van der Waals surface area contributed by atoms with Crippen LogP contribution in [0.2, 0.25) is 0 Å². The predicted molar refractivity (Wildman–Crippen MR) is 99.9 cm³/mol. The number of ether oxygens (including phenoxy) is 1. The van der Waals surface area contributed by atoms with E-state index in [4.69, 9.17) is 4.74 Å². The lowest BCUT2D eigenvalue weighted by molar-refractivity contribution is -0.139. The lowest BCUT2D eigenvalue weighted by Crippen LogP contribution is -2.56. The Balaban J connectivity index is 1.40. The van der Waals surface area contributed by atoms with Gasteiger partial charge in [-0.2, -0.15) is 0 Å². The lowest BCUT2D eigenvalue weighted by Gasteiger charge is -2.40. The second-order valence-corrected chi connectivity index (χ2v) is 8.06. The van der Waals surface area contributed by atoms with Gasteiger partial charge < -0.3 is 14.5 Å². The summed E-state index contributed by atoms with van der Waals surface area (Å²) in [6.45, 7) is 1.97. The Labute approximate surface area is 155 Å². The van der Waals surface area contributed by atoms with E-state index in [1.54, 1.807) is 0 Å². The van der Waals surface area contributed by atoms with Crippen molar-refractivity contribution in [2.45, 2.75) is 50.5 Å². The molecule has 2 amide bonds. The minimum atomic E-state index is -0.411. The molecule has 1 aromatic rings. The van der Waals surface area contributed by atoms with Crippen molar-refractivity contribution in [3.05, 3.63) is 30.3 Å². The summed E-state index contributed by atoms with van der Waals surface area (Å²) in [4.78, 5) is 28.9. The molecule has 2 aliphatic heterocycles. The molecule has 4 rings (SSSR count). The molecule has 2 heterocycles. The summed E-state index contributed by atoms with van der Waals surface area (Å²) >= 11 is 0. The van der Waals surface area contributed by atoms with Gasteiger partial charge in [0.05, 0.1) is 13.1 Å². The molecular weight excluding hydrogens is 328 g/mol. The van der Waals surface area contributed by atoms with Gasteiger partial charge in [0.2, 0.25) is 5.91 Å². The number of morpholine rings is 1. The first-order valence-corrected chi connectivity index (χ1v) is 9.92. The van der Waals surface area contributed by atoms with Crippen LogP contribution in [0.1, 0.15) is 44.9 Å². The molecule has 0 radical (unpaired) electrons. The van der Waals surface area contributed by atoms with Crippen molar-refractivity contribution in [1.82, 2.24) is 4.90 Å². The number of carbonyl (C=O) groups excluding carboxylic acids is 2. The molecule has 3 fully saturated rings. The van der Waals surface area contributed by atoms with Crippen molar-refractivity contribution < 1.29 is 14.3 Å². The standard InChI is InChI=1S/C21H28N2O3/c24-19(13-17-7-3-1-4-8-17)22-12-11-21(15-22)16-23(20(25)14-26-21)18-9-5-2-6-10-18/h2,5-6,9-10,17H,1,3-4,7-8,11-16H2. The van der Waals surface area contributed by atoms with Crippen LogP contribution >= 0.6 is 0 Å². The minimum Gasteiger partial charge on any atom is -0.361 e. The Bertz CT molecular complexity index is 656. The normalized spacial score (nSPS) is 27.3. The number of carbonyl (C=O) groups is 2. The SMILES string of the molecule is O=C(CC1CCCCC1)N1CCC2(C1)CN(c1ccccc1)C(=O)CO2. The van der Waals surface area contributed by atoms with Crippen LogP contribution in [-0.2, 0) is 14.3 Å². The van der Waals surface area contributed by atoms with E-state index in [0.717, 1.165) is 18.7 Å². The maximum atomic E-state index is 12.7. The van der Waals surface area contributed by atoms with Gasteiger partial charge in [-0.25, -0.2) is 0 Å². The molecule has 2 saturated heterocycles. The molecule has 1 atom stereocenters. The van der Waals surface area contributed by atoms with Crippen LogP contribution in [0.5, 0.6) is 0 Å². The molecule has 0 bridgehead atoms. The minimum absolute atomic E-state index is 0.00573. The third-order valence-electron chi connectivity index (χ3n) is 6.17. The second-order valence-electron chi connectivity index (χ2n) is 8.06. The molecule has 5 nitrogen and oxygen atoms in total. The maximum absolute atomic E-state index is 12.7. The Morgan fingerprint density at radius 3 is 2.65 bits per heavy atom. The van der Waals surface area contributed by atoms with Gasteiger partial charge in [-0.1, -0.05) is 37.5 Å². The van der Waals surface area contributed by atoms with E-state index in [1.165, 1.54) is 32.1 Å². The molecule has 0 N–H and O–H groups in total.